The van der Waals surface area contributed by atoms with Gasteiger partial charge < -0.3 is 0 Å². The number of thiocarbonyl (C=S) groups is 1. The predicted molar refractivity (Wildman–Crippen MR) is 102 cm³/mol. The third kappa shape index (κ3) is 4.47. The fourth-order valence-corrected chi connectivity index (χ4v) is 3.78. The first kappa shape index (κ1) is 17.6. The van der Waals surface area contributed by atoms with Crippen molar-refractivity contribution >= 4 is 62.9 Å². The largest absolute Gasteiger partial charge is 0.299 e. The topological polar surface area (TPSA) is 88.1 Å². The molecule has 0 radical (unpaired) electrons. The number of rotatable bonds is 5. The fraction of sp³-hybridized carbons (Fsp3) is 0.200. The molecule has 3 rings (SSSR count). The number of carbonyl (C=O) groups excluding carboxylic acids is 2. The second-order valence-corrected chi connectivity index (χ2v) is 7.62. The summed E-state index contributed by atoms with van der Waals surface area (Å²) in [6.07, 6.45) is 1.93. The van der Waals surface area contributed by atoms with Crippen molar-refractivity contribution in [2.24, 2.45) is 0 Å². The minimum absolute atomic E-state index is 0.115. The van der Waals surface area contributed by atoms with Crippen molar-refractivity contribution in [1.29, 1.82) is 0 Å². The van der Waals surface area contributed by atoms with E-state index in [1.54, 1.807) is 0 Å². The summed E-state index contributed by atoms with van der Waals surface area (Å²) >= 11 is 7.50. The number of carbonyl (C=O) groups is 2. The van der Waals surface area contributed by atoms with E-state index in [1.807, 2.05) is 37.3 Å². The number of anilines is 1. The maximum Gasteiger partial charge on any atom is 0.266 e. The zero-order valence-corrected chi connectivity index (χ0v) is 15.6. The van der Waals surface area contributed by atoms with Crippen molar-refractivity contribution in [2.75, 3.05) is 11.9 Å². The van der Waals surface area contributed by atoms with Gasteiger partial charge in [0.1, 0.15) is 4.32 Å². The van der Waals surface area contributed by atoms with Crippen LogP contribution in [0, 0.1) is 6.92 Å². The molecule has 1 aliphatic heterocycles. The van der Waals surface area contributed by atoms with E-state index in [4.69, 9.17) is 12.2 Å². The molecule has 0 unspecified atom stereocenters. The van der Waals surface area contributed by atoms with Crippen LogP contribution < -0.4 is 5.32 Å². The van der Waals surface area contributed by atoms with E-state index in [2.05, 4.69) is 20.1 Å². The minimum atomic E-state index is -0.268. The number of nitrogens with zero attached hydrogens (tertiary/aromatic N) is 4. The van der Waals surface area contributed by atoms with E-state index < -0.39 is 0 Å². The molecule has 1 saturated heterocycles. The molecule has 1 N–H and O–H groups in total. The Bertz CT molecular complexity index is 833. The molecule has 1 fully saturated rings. The number of thioether (sulfide) groups is 1. The Morgan fingerprint density at radius 3 is 2.80 bits per heavy atom. The van der Waals surface area contributed by atoms with Crippen LogP contribution in [0.1, 0.15) is 17.5 Å². The Hall–Kier alpha value is -2.17. The van der Waals surface area contributed by atoms with Gasteiger partial charge in [0.2, 0.25) is 11.0 Å². The third-order valence-corrected chi connectivity index (χ3v) is 5.25. The SMILES string of the molecule is Cc1ccc(/C=C2\SC(=S)N(CCC(=O)Nc3nnns3)C2=O)cc1. The molecule has 2 aromatic rings. The van der Waals surface area contributed by atoms with Gasteiger partial charge in [-0.3, -0.25) is 19.8 Å². The zero-order valence-electron chi connectivity index (χ0n) is 13.1. The molecule has 10 heteroatoms. The van der Waals surface area contributed by atoms with Gasteiger partial charge in [0.25, 0.3) is 5.91 Å². The Labute approximate surface area is 157 Å². The van der Waals surface area contributed by atoms with Crippen LogP contribution in [0.3, 0.4) is 0 Å². The Morgan fingerprint density at radius 1 is 1.36 bits per heavy atom. The van der Waals surface area contributed by atoms with Gasteiger partial charge in [-0.2, -0.15) is 0 Å². The van der Waals surface area contributed by atoms with Crippen LogP contribution in [0.2, 0.25) is 0 Å². The maximum atomic E-state index is 12.5. The van der Waals surface area contributed by atoms with Gasteiger partial charge in [-0.15, -0.1) is 0 Å². The summed E-state index contributed by atoms with van der Waals surface area (Å²) in [6, 6.07) is 7.87. The number of aromatic nitrogens is 3. The lowest BCUT2D eigenvalue weighted by molar-refractivity contribution is -0.122. The molecule has 0 aliphatic carbocycles. The fourth-order valence-electron chi connectivity index (χ4n) is 2.08. The van der Waals surface area contributed by atoms with Gasteiger partial charge in [-0.1, -0.05) is 63.4 Å². The zero-order chi connectivity index (χ0) is 17.8. The van der Waals surface area contributed by atoms with Gasteiger partial charge in [0.05, 0.1) is 4.91 Å². The Morgan fingerprint density at radius 2 is 2.12 bits per heavy atom. The molecule has 1 aliphatic rings. The monoisotopic (exact) mass is 391 g/mol. The number of amides is 2. The standard InChI is InChI=1S/C15H13N5O2S3/c1-9-2-4-10(5-3-9)8-11-13(22)20(15(23)24-11)7-6-12(21)16-14-17-18-19-25-14/h2-5,8H,6-7H2,1H3,(H,16,17,19,21)/b11-8-. The molecular weight excluding hydrogens is 378 g/mol. The van der Waals surface area contributed by atoms with Crippen LogP contribution in [0.25, 0.3) is 6.08 Å². The highest BCUT2D eigenvalue weighted by Crippen LogP contribution is 2.32. The molecule has 0 saturated carbocycles. The second-order valence-electron chi connectivity index (χ2n) is 5.21. The smallest absolute Gasteiger partial charge is 0.266 e. The lowest BCUT2D eigenvalue weighted by Gasteiger charge is -2.13. The Kier molecular flexibility index (Phi) is 5.51. The molecule has 1 aromatic carbocycles. The molecule has 2 amide bonds. The second kappa shape index (κ2) is 7.81. The summed E-state index contributed by atoms with van der Waals surface area (Å²) in [6.45, 7) is 2.22. The molecule has 0 bridgehead atoms. The van der Waals surface area contributed by atoms with E-state index in [0.29, 0.717) is 14.4 Å². The van der Waals surface area contributed by atoms with E-state index in [1.165, 1.54) is 16.7 Å². The lowest BCUT2D eigenvalue weighted by atomic mass is 10.1. The van der Waals surface area contributed by atoms with E-state index in [0.717, 1.165) is 22.7 Å². The van der Waals surface area contributed by atoms with E-state index in [9.17, 15) is 9.59 Å². The highest BCUT2D eigenvalue weighted by molar-refractivity contribution is 8.26. The van der Waals surface area contributed by atoms with Crippen molar-refractivity contribution < 1.29 is 9.59 Å². The van der Waals surface area contributed by atoms with Crippen molar-refractivity contribution in [2.45, 2.75) is 13.3 Å². The quantitative estimate of drug-likeness (QED) is 0.619. The summed E-state index contributed by atoms with van der Waals surface area (Å²) in [5.74, 6) is -0.448. The van der Waals surface area contributed by atoms with Crippen LogP contribution in [-0.4, -0.2) is 42.4 Å². The lowest BCUT2D eigenvalue weighted by Crippen LogP contribution is -2.31. The number of hydrogen-bond donors (Lipinski definition) is 1. The highest BCUT2D eigenvalue weighted by Gasteiger charge is 2.32. The normalized spacial score (nSPS) is 15.9. The first-order valence-corrected chi connectivity index (χ1v) is 9.29. The molecule has 128 valence electrons. The average molecular weight is 392 g/mol. The third-order valence-electron chi connectivity index (χ3n) is 3.36. The van der Waals surface area contributed by atoms with Gasteiger partial charge in [-0.25, -0.2) is 0 Å². The first-order chi connectivity index (χ1) is 12.0. The average Bonchev–Trinajstić information content (AvgIpc) is 3.17. The van der Waals surface area contributed by atoms with Crippen LogP contribution in [0.4, 0.5) is 5.13 Å². The summed E-state index contributed by atoms with van der Waals surface area (Å²) in [5, 5.41) is 9.94. The van der Waals surface area contributed by atoms with Crippen molar-refractivity contribution in [3.05, 3.63) is 40.3 Å². The summed E-state index contributed by atoms with van der Waals surface area (Å²) in [7, 11) is 0. The van der Waals surface area contributed by atoms with Crippen molar-refractivity contribution in [3.8, 4) is 0 Å². The molecule has 25 heavy (non-hydrogen) atoms. The van der Waals surface area contributed by atoms with Crippen LogP contribution >= 0.6 is 35.5 Å². The first-order valence-electron chi connectivity index (χ1n) is 7.30. The van der Waals surface area contributed by atoms with E-state index >= 15 is 0 Å². The molecular formula is C15H13N5O2S3. The maximum absolute atomic E-state index is 12.5. The number of hydrogen-bond acceptors (Lipinski definition) is 8. The number of benzene rings is 1. The van der Waals surface area contributed by atoms with Crippen LogP contribution in [0.5, 0.6) is 0 Å². The molecule has 7 nitrogen and oxygen atoms in total. The van der Waals surface area contributed by atoms with Gasteiger partial charge >= 0.3 is 0 Å². The Balaban J connectivity index is 1.61. The van der Waals surface area contributed by atoms with Crippen LogP contribution in [0.15, 0.2) is 29.2 Å². The molecule has 1 aromatic heterocycles. The number of nitrogens with one attached hydrogen (secondary N) is 1. The predicted octanol–water partition coefficient (Wildman–Crippen LogP) is 2.47. The van der Waals surface area contributed by atoms with Gasteiger partial charge in [0.15, 0.2) is 0 Å². The van der Waals surface area contributed by atoms with Gasteiger partial charge in [-0.05, 0) is 23.8 Å². The highest BCUT2D eigenvalue weighted by atomic mass is 32.2. The van der Waals surface area contributed by atoms with Gasteiger partial charge in [0, 0.05) is 24.5 Å². The van der Waals surface area contributed by atoms with E-state index in [-0.39, 0.29) is 24.8 Å². The summed E-state index contributed by atoms with van der Waals surface area (Å²) < 4.78 is 4.01. The molecule has 0 spiro atoms. The summed E-state index contributed by atoms with van der Waals surface area (Å²) in [5.41, 5.74) is 2.09. The molecule has 0 atom stereocenters. The summed E-state index contributed by atoms with van der Waals surface area (Å²) in [4.78, 5) is 26.4. The number of aryl methyl sites for hydroxylation is 1. The van der Waals surface area contributed by atoms with Crippen molar-refractivity contribution in [3.63, 3.8) is 0 Å². The van der Waals surface area contributed by atoms with Crippen molar-refractivity contribution in [1.82, 2.24) is 19.7 Å². The molecule has 2 heterocycles. The van der Waals surface area contributed by atoms with Crippen LogP contribution in [-0.2, 0) is 9.59 Å². The minimum Gasteiger partial charge on any atom is -0.299 e.